The minimum atomic E-state index is -3.69. The van der Waals surface area contributed by atoms with Crippen molar-refractivity contribution < 1.29 is 22.8 Å². The first-order valence-corrected chi connectivity index (χ1v) is 10.4. The van der Waals surface area contributed by atoms with Crippen LogP contribution in [0.1, 0.15) is 5.56 Å². The molecule has 0 unspecified atom stereocenters. The summed E-state index contributed by atoms with van der Waals surface area (Å²) in [4.78, 5) is 12.6. The Bertz CT molecular complexity index is 999. The number of aryl methyl sites for hydroxylation is 1. The summed E-state index contributed by atoms with van der Waals surface area (Å²) in [5.41, 5.74) is 1.44. The van der Waals surface area contributed by atoms with Gasteiger partial charge in [-0.2, -0.15) is 4.31 Å². The first-order valence-electron chi connectivity index (χ1n) is 9.00. The molecule has 0 spiro atoms. The molecule has 0 bridgehead atoms. The van der Waals surface area contributed by atoms with Gasteiger partial charge in [0.25, 0.3) is 5.69 Å². The molecule has 1 aliphatic rings. The summed E-state index contributed by atoms with van der Waals surface area (Å²) in [6.07, 6.45) is 0. The van der Waals surface area contributed by atoms with Gasteiger partial charge in [-0.15, -0.1) is 0 Å². The molecule has 1 heterocycles. The van der Waals surface area contributed by atoms with Gasteiger partial charge in [0.15, 0.2) is 11.5 Å². The number of nitrogens with zero attached hydrogens (tertiary/aromatic N) is 3. The van der Waals surface area contributed by atoms with Crippen molar-refractivity contribution in [3.63, 3.8) is 0 Å². The predicted octanol–water partition coefficient (Wildman–Crippen LogP) is 2.43. The number of methoxy groups -OCH3 is 2. The molecule has 9 nitrogen and oxygen atoms in total. The lowest BCUT2D eigenvalue weighted by Crippen LogP contribution is -2.48. The Kier molecular flexibility index (Phi) is 5.94. The lowest BCUT2D eigenvalue weighted by molar-refractivity contribution is -0.384. The number of nitro groups is 1. The summed E-state index contributed by atoms with van der Waals surface area (Å²) >= 11 is 0. The van der Waals surface area contributed by atoms with Crippen LogP contribution in [0.2, 0.25) is 0 Å². The van der Waals surface area contributed by atoms with E-state index in [-0.39, 0.29) is 10.6 Å². The molecule has 2 aromatic carbocycles. The third-order valence-electron chi connectivity index (χ3n) is 4.96. The van der Waals surface area contributed by atoms with E-state index in [9.17, 15) is 18.5 Å². The molecule has 156 valence electrons. The summed E-state index contributed by atoms with van der Waals surface area (Å²) in [5.74, 6) is 0.841. The van der Waals surface area contributed by atoms with Gasteiger partial charge in [0.2, 0.25) is 10.0 Å². The van der Waals surface area contributed by atoms with Gasteiger partial charge in [-0.25, -0.2) is 8.42 Å². The monoisotopic (exact) mass is 421 g/mol. The van der Waals surface area contributed by atoms with E-state index in [0.717, 1.165) is 5.69 Å². The zero-order chi connectivity index (χ0) is 21.2. The van der Waals surface area contributed by atoms with Crippen LogP contribution >= 0.6 is 0 Å². The summed E-state index contributed by atoms with van der Waals surface area (Å²) < 4.78 is 38.3. The second kappa shape index (κ2) is 8.26. The SMILES string of the molecule is COc1cc(C)c(S(=O)(=O)N2CCN(c3ccc([N+](=O)[O-])cc3)CC2)cc1OC. The molecule has 3 rings (SSSR count). The van der Waals surface area contributed by atoms with Crippen LogP contribution in [0.25, 0.3) is 0 Å². The van der Waals surface area contributed by atoms with Crippen molar-refractivity contribution >= 4 is 21.4 Å². The van der Waals surface area contributed by atoms with Crippen LogP contribution in [-0.2, 0) is 10.0 Å². The molecule has 0 aliphatic carbocycles. The minimum Gasteiger partial charge on any atom is -0.493 e. The van der Waals surface area contributed by atoms with Crippen molar-refractivity contribution in [3.05, 3.63) is 52.1 Å². The average molecular weight is 421 g/mol. The molecule has 0 radical (unpaired) electrons. The summed E-state index contributed by atoms with van der Waals surface area (Å²) in [7, 11) is -0.724. The van der Waals surface area contributed by atoms with Gasteiger partial charge in [-0.1, -0.05) is 0 Å². The molecule has 1 aliphatic heterocycles. The highest BCUT2D eigenvalue weighted by atomic mass is 32.2. The van der Waals surface area contributed by atoms with E-state index in [4.69, 9.17) is 9.47 Å². The van der Waals surface area contributed by atoms with Crippen LogP contribution in [0, 0.1) is 17.0 Å². The van der Waals surface area contributed by atoms with Gasteiger partial charge in [0.1, 0.15) is 0 Å². The highest BCUT2D eigenvalue weighted by Crippen LogP contribution is 2.34. The van der Waals surface area contributed by atoms with E-state index in [2.05, 4.69) is 0 Å². The lowest BCUT2D eigenvalue weighted by atomic mass is 10.2. The number of nitro benzene ring substituents is 1. The van der Waals surface area contributed by atoms with Gasteiger partial charge in [0.05, 0.1) is 24.0 Å². The van der Waals surface area contributed by atoms with Crippen molar-refractivity contribution in [2.24, 2.45) is 0 Å². The molecular formula is C19H23N3O6S. The van der Waals surface area contributed by atoms with E-state index in [1.54, 1.807) is 25.1 Å². The first-order chi connectivity index (χ1) is 13.8. The fourth-order valence-electron chi connectivity index (χ4n) is 3.35. The van der Waals surface area contributed by atoms with Crippen molar-refractivity contribution in [2.45, 2.75) is 11.8 Å². The van der Waals surface area contributed by atoms with Gasteiger partial charge in [-0.3, -0.25) is 10.1 Å². The maximum absolute atomic E-state index is 13.2. The number of benzene rings is 2. The Morgan fingerprint density at radius 1 is 0.966 bits per heavy atom. The lowest BCUT2D eigenvalue weighted by Gasteiger charge is -2.35. The molecule has 1 fully saturated rings. The number of piperazine rings is 1. The highest BCUT2D eigenvalue weighted by molar-refractivity contribution is 7.89. The Morgan fingerprint density at radius 2 is 1.52 bits per heavy atom. The number of anilines is 1. The Labute approximate surface area is 169 Å². The van der Waals surface area contributed by atoms with Gasteiger partial charge in [0, 0.05) is 50.1 Å². The fraction of sp³-hybridized carbons (Fsp3) is 0.368. The molecule has 10 heteroatoms. The van der Waals surface area contributed by atoms with Gasteiger partial charge < -0.3 is 14.4 Å². The molecule has 29 heavy (non-hydrogen) atoms. The zero-order valence-electron chi connectivity index (χ0n) is 16.5. The number of hydrogen-bond donors (Lipinski definition) is 0. The second-order valence-electron chi connectivity index (χ2n) is 6.64. The van der Waals surface area contributed by atoms with Crippen molar-refractivity contribution in [3.8, 4) is 11.5 Å². The zero-order valence-corrected chi connectivity index (χ0v) is 17.3. The smallest absolute Gasteiger partial charge is 0.269 e. The van der Waals surface area contributed by atoms with Crippen LogP contribution in [0.5, 0.6) is 11.5 Å². The van der Waals surface area contributed by atoms with E-state index in [1.165, 1.54) is 36.7 Å². The standard InChI is InChI=1S/C19H23N3O6S/c1-14-12-17(27-2)18(28-3)13-19(14)29(25,26)21-10-8-20(9-11-21)15-4-6-16(7-5-15)22(23)24/h4-7,12-13H,8-11H2,1-3H3. The quantitative estimate of drug-likeness (QED) is 0.521. The third-order valence-corrected chi connectivity index (χ3v) is 7.00. The van der Waals surface area contributed by atoms with Gasteiger partial charge in [-0.05, 0) is 30.7 Å². The minimum absolute atomic E-state index is 0.0268. The Morgan fingerprint density at radius 3 is 2.03 bits per heavy atom. The number of non-ortho nitro benzene ring substituents is 1. The Hall–Kier alpha value is -2.85. The van der Waals surface area contributed by atoms with E-state index >= 15 is 0 Å². The Balaban J connectivity index is 1.77. The third kappa shape index (κ3) is 4.13. The molecule has 1 saturated heterocycles. The molecule has 2 aromatic rings. The molecule has 0 aromatic heterocycles. The summed E-state index contributed by atoms with van der Waals surface area (Å²) in [6.45, 7) is 3.33. The number of sulfonamides is 1. The first kappa shape index (κ1) is 20.9. The van der Waals surface area contributed by atoms with E-state index in [0.29, 0.717) is 43.2 Å². The normalized spacial score (nSPS) is 15.2. The molecule has 0 saturated carbocycles. The van der Waals surface area contributed by atoms with Crippen LogP contribution in [0.3, 0.4) is 0 Å². The molecule has 0 amide bonds. The van der Waals surface area contributed by atoms with E-state index in [1.807, 2.05) is 4.90 Å². The maximum Gasteiger partial charge on any atom is 0.269 e. The molecule has 0 N–H and O–H groups in total. The second-order valence-corrected chi connectivity index (χ2v) is 8.54. The maximum atomic E-state index is 13.2. The average Bonchev–Trinajstić information content (AvgIpc) is 2.73. The predicted molar refractivity (Wildman–Crippen MR) is 108 cm³/mol. The van der Waals surface area contributed by atoms with Crippen molar-refractivity contribution in [2.75, 3.05) is 45.3 Å². The van der Waals surface area contributed by atoms with Gasteiger partial charge >= 0.3 is 0 Å². The fourth-order valence-corrected chi connectivity index (χ4v) is 4.99. The number of rotatable bonds is 6. The summed E-state index contributed by atoms with van der Waals surface area (Å²) in [6, 6.07) is 9.41. The van der Waals surface area contributed by atoms with Crippen LogP contribution in [-0.4, -0.2) is 58.0 Å². The molecular weight excluding hydrogens is 398 g/mol. The molecule has 0 atom stereocenters. The van der Waals surface area contributed by atoms with Crippen molar-refractivity contribution in [1.29, 1.82) is 0 Å². The van der Waals surface area contributed by atoms with Crippen LogP contribution < -0.4 is 14.4 Å². The van der Waals surface area contributed by atoms with E-state index < -0.39 is 14.9 Å². The van der Waals surface area contributed by atoms with Crippen molar-refractivity contribution in [1.82, 2.24) is 4.31 Å². The number of hydrogen-bond acceptors (Lipinski definition) is 7. The number of ether oxygens (including phenoxy) is 2. The van der Waals surface area contributed by atoms with Crippen LogP contribution in [0.15, 0.2) is 41.3 Å². The topological polar surface area (TPSA) is 102 Å². The van der Waals surface area contributed by atoms with Crippen LogP contribution in [0.4, 0.5) is 11.4 Å². The summed E-state index contributed by atoms with van der Waals surface area (Å²) in [5, 5.41) is 10.8. The highest BCUT2D eigenvalue weighted by Gasteiger charge is 2.31. The largest absolute Gasteiger partial charge is 0.493 e.